The zero-order chi connectivity index (χ0) is 14.2. The molecule has 0 radical (unpaired) electrons. The molecule has 1 saturated carbocycles. The number of benzene rings is 2. The standard InChI is InChI=1S/C17H16O3/c1-20-16(19)17(9-4-10-17)15(18)14-8-7-12-5-2-3-6-13(12)11-14/h2-3,5-8,11H,4,9-10H2,1H3. The van der Waals surface area contributed by atoms with Gasteiger partial charge in [-0.25, -0.2) is 0 Å². The highest BCUT2D eigenvalue weighted by Crippen LogP contribution is 2.44. The van der Waals surface area contributed by atoms with Crippen LogP contribution >= 0.6 is 0 Å². The molecule has 3 nitrogen and oxygen atoms in total. The van der Waals surface area contributed by atoms with Crippen molar-refractivity contribution in [3.8, 4) is 0 Å². The Bertz CT molecular complexity index is 683. The first-order valence-corrected chi connectivity index (χ1v) is 6.79. The van der Waals surface area contributed by atoms with E-state index >= 15 is 0 Å². The Kier molecular flexibility index (Phi) is 3.05. The van der Waals surface area contributed by atoms with Crippen molar-refractivity contribution >= 4 is 22.5 Å². The van der Waals surface area contributed by atoms with E-state index in [4.69, 9.17) is 4.74 Å². The van der Waals surface area contributed by atoms with Crippen LogP contribution in [0.25, 0.3) is 10.8 Å². The van der Waals surface area contributed by atoms with Crippen LogP contribution in [0, 0.1) is 5.41 Å². The first kappa shape index (κ1) is 12.9. The minimum absolute atomic E-state index is 0.110. The van der Waals surface area contributed by atoms with Crippen LogP contribution in [0.5, 0.6) is 0 Å². The molecule has 3 heteroatoms. The van der Waals surface area contributed by atoms with Gasteiger partial charge >= 0.3 is 5.97 Å². The van der Waals surface area contributed by atoms with Crippen LogP contribution in [0.15, 0.2) is 42.5 Å². The number of ether oxygens (including phenoxy) is 1. The van der Waals surface area contributed by atoms with Crippen molar-refractivity contribution in [3.05, 3.63) is 48.0 Å². The van der Waals surface area contributed by atoms with Crippen LogP contribution in [-0.4, -0.2) is 18.9 Å². The number of esters is 1. The molecular formula is C17H16O3. The SMILES string of the molecule is COC(=O)C1(C(=O)c2ccc3ccccc3c2)CCC1. The van der Waals surface area contributed by atoms with Gasteiger partial charge in [-0.15, -0.1) is 0 Å². The van der Waals surface area contributed by atoms with Crippen LogP contribution in [0.1, 0.15) is 29.6 Å². The molecular weight excluding hydrogens is 252 g/mol. The maximum absolute atomic E-state index is 12.7. The topological polar surface area (TPSA) is 43.4 Å². The second kappa shape index (κ2) is 4.75. The summed E-state index contributed by atoms with van der Waals surface area (Å²) in [5.74, 6) is -0.511. The Labute approximate surface area is 117 Å². The number of carbonyl (C=O) groups excluding carboxylic acids is 2. The zero-order valence-corrected chi connectivity index (χ0v) is 11.4. The number of rotatable bonds is 3. The van der Waals surface area contributed by atoms with E-state index in [1.807, 2.05) is 36.4 Å². The molecule has 2 aromatic carbocycles. The van der Waals surface area contributed by atoms with Crippen molar-refractivity contribution in [3.63, 3.8) is 0 Å². The van der Waals surface area contributed by atoms with Crippen LogP contribution in [0.2, 0.25) is 0 Å². The summed E-state index contributed by atoms with van der Waals surface area (Å²) in [4.78, 5) is 24.6. The molecule has 102 valence electrons. The number of hydrogen-bond donors (Lipinski definition) is 0. The molecule has 0 saturated heterocycles. The molecule has 0 spiro atoms. The molecule has 0 aliphatic heterocycles. The van der Waals surface area contributed by atoms with Gasteiger partial charge in [0.2, 0.25) is 0 Å². The summed E-state index contributed by atoms with van der Waals surface area (Å²) in [6.07, 6.45) is 2.07. The van der Waals surface area contributed by atoms with Gasteiger partial charge in [-0.1, -0.05) is 42.8 Å². The Morgan fingerprint density at radius 3 is 2.35 bits per heavy atom. The quantitative estimate of drug-likeness (QED) is 0.487. The second-order valence-electron chi connectivity index (χ2n) is 5.32. The Morgan fingerprint density at radius 2 is 1.75 bits per heavy atom. The lowest BCUT2D eigenvalue weighted by atomic mass is 9.64. The molecule has 0 heterocycles. The van der Waals surface area contributed by atoms with Gasteiger partial charge in [-0.3, -0.25) is 9.59 Å². The lowest BCUT2D eigenvalue weighted by Gasteiger charge is -2.37. The number of Topliss-reactive ketones (excluding diaryl/α,β-unsaturated/α-hetero) is 1. The molecule has 0 bridgehead atoms. The van der Waals surface area contributed by atoms with Crippen molar-refractivity contribution in [1.29, 1.82) is 0 Å². The first-order valence-electron chi connectivity index (χ1n) is 6.79. The van der Waals surface area contributed by atoms with Gasteiger partial charge in [-0.05, 0) is 29.7 Å². The molecule has 0 N–H and O–H groups in total. The predicted octanol–water partition coefficient (Wildman–Crippen LogP) is 3.37. The average molecular weight is 268 g/mol. The van der Waals surface area contributed by atoms with Gasteiger partial charge in [0.1, 0.15) is 5.41 Å². The van der Waals surface area contributed by atoms with Crippen LogP contribution in [-0.2, 0) is 9.53 Å². The van der Waals surface area contributed by atoms with Crippen molar-refractivity contribution in [2.45, 2.75) is 19.3 Å². The summed E-state index contributed by atoms with van der Waals surface area (Å²) in [5, 5.41) is 2.10. The third kappa shape index (κ3) is 1.82. The summed E-state index contributed by atoms with van der Waals surface area (Å²) in [6, 6.07) is 13.5. The summed E-state index contributed by atoms with van der Waals surface area (Å²) >= 11 is 0. The first-order chi connectivity index (χ1) is 9.67. The summed E-state index contributed by atoms with van der Waals surface area (Å²) in [7, 11) is 1.34. The highest BCUT2D eigenvalue weighted by atomic mass is 16.5. The third-order valence-corrected chi connectivity index (χ3v) is 4.23. The molecule has 1 aliphatic carbocycles. The number of carbonyl (C=O) groups is 2. The maximum Gasteiger partial charge on any atom is 0.319 e. The number of hydrogen-bond acceptors (Lipinski definition) is 3. The highest BCUT2D eigenvalue weighted by Gasteiger charge is 2.51. The maximum atomic E-state index is 12.7. The van der Waals surface area contributed by atoms with Crippen LogP contribution in [0.3, 0.4) is 0 Å². The number of fused-ring (bicyclic) bond motifs is 1. The van der Waals surface area contributed by atoms with Gasteiger partial charge in [0, 0.05) is 5.56 Å². The van der Waals surface area contributed by atoms with Crippen molar-refractivity contribution < 1.29 is 14.3 Å². The molecule has 1 aliphatic rings. The van der Waals surface area contributed by atoms with Gasteiger partial charge < -0.3 is 4.74 Å². The number of methoxy groups -OCH3 is 1. The smallest absolute Gasteiger partial charge is 0.319 e. The molecule has 3 rings (SSSR count). The van der Waals surface area contributed by atoms with E-state index < -0.39 is 11.4 Å². The van der Waals surface area contributed by atoms with Crippen LogP contribution < -0.4 is 0 Å². The van der Waals surface area contributed by atoms with Gasteiger partial charge in [0.05, 0.1) is 7.11 Å². The monoisotopic (exact) mass is 268 g/mol. The predicted molar refractivity (Wildman–Crippen MR) is 76.6 cm³/mol. The minimum Gasteiger partial charge on any atom is -0.468 e. The van der Waals surface area contributed by atoms with Crippen molar-refractivity contribution in [2.24, 2.45) is 5.41 Å². The van der Waals surface area contributed by atoms with Crippen molar-refractivity contribution in [1.82, 2.24) is 0 Å². The van der Waals surface area contributed by atoms with Crippen molar-refractivity contribution in [2.75, 3.05) is 7.11 Å². The van der Waals surface area contributed by atoms with E-state index in [0.717, 1.165) is 17.2 Å². The summed E-state index contributed by atoms with van der Waals surface area (Å²) in [5.41, 5.74) is -0.356. The molecule has 0 unspecified atom stereocenters. The Balaban J connectivity index is 2.01. The van der Waals surface area contributed by atoms with E-state index in [2.05, 4.69) is 0 Å². The van der Waals surface area contributed by atoms with E-state index in [1.54, 1.807) is 6.07 Å². The molecule has 0 aromatic heterocycles. The molecule has 0 atom stereocenters. The molecule has 20 heavy (non-hydrogen) atoms. The summed E-state index contributed by atoms with van der Waals surface area (Å²) in [6.45, 7) is 0. The zero-order valence-electron chi connectivity index (χ0n) is 11.4. The minimum atomic E-state index is -0.947. The van der Waals surface area contributed by atoms with E-state index in [0.29, 0.717) is 18.4 Å². The lowest BCUT2D eigenvalue weighted by molar-refractivity contribution is -0.153. The van der Waals surface area contributed by atoms with Gasteiger partial charge in [-0.2, -0.15) is 0 Å². The summed E-state index contributed by atoms with van der Waals surface area (Å²) < 4.78 is 4.83. The van der Waals surface area contributed by atoms with E-state index in [9.17, 15) is 9.59 Å². The second-order valence-corrected chi connectivity index (χ2v) is 5.32. The highest BCUT2D eigenvalue weighted by molar-refractivity contribution is 6.14. The van der Waals surface area contributed by atoms with Gasteiger partial charge in [0.25, 0.3) is 0 Å². The van der Waals surface area contributed by atoms with Crippen LogP contribution in [0.4, 0.5) is 0 Å². The fraction of sp³-hybridized carbons (Fsp3) is 0.294. The number of ketones is 1. The Morgan fingerprint density at radius 1 is 1.05 bits per heavy atom. The molecule has 1 fully saturated rings. The molecule has 0 amide bonds. The average Bonchev–Trinajstić information content (AvgIpc) is 2.45. The fourth-order valence-electron chi connectivity index (χ4n) is 2.86. The van der Waals surface area contributed by atoms with E-state index in [1.165, 1.54) is 7.11 Å². The Hall–Kier alpha value is -2.16. The molecule has 2 aromatic rings. The normalized spacial score (nSPS) is 16.4. The third-order valence-electron chi connectivity index (χ3n) is 4.23. The van der Waals surface area contributed by atoms with Gasteiger partial charge in [0.15, 0.2) is 5.78 Å². The lowest BCUT2D eigenvalue weighted by Crippen LogP contribution is -2.45. The largest absolute Gasteiger partial charge is 0.468 e. The fourth-order valence-corrected chi connectivity index (χ4v) is 2.86. The van der Waals surface area contributed by atoms with E-state index in [-0.39, 0.29) is 5.78 Å².